The van der Waals surface area contributed by atoms with Crippen molar-refractivity contribution in [2.75, 3.05) is 44.3 Å². The maximum atomic E-state index is 5.66. The minimum atomic E-state index is 0.199. The largest absolute Gasteiger partial charge is 0.384 e. The Balaban J connectivity index is 1.88. The second-order valence-corrected chi connectivity index (χ2v) is 4.36. The van der Waals surface area contributed by atoms with Gasteiger partial charge in [0.1, 0.15) is 17.5 Å². The summed E-state index contributed by atoms with van der Waals surface area (Å²) < 4.78 is 5.65. The van der Waals surface area contributed by atoms with Crippen LogP contribution in [0.4, 0.5) is 11.6 Å². The average Bonchev–Trinajstić information content (AvgIpc) is 2.25. The number of ether oxygens (including phenoxy) is 1. The third kappa shape index (κ3) is 3.54. The molecule has 1 aromatic heterocycles. The Morgan fingerprint density at radius 3 is 3.12 bits per heavy atom. The van der Waals surface area contributed by atoms with Crippen molar-refractivity contribution >= 4 is 11.6 Å². The van der Waals surface area contributed by atoms with Gasteiger partial charge in [0.25, 0.3) is 0 Å². The third-order valence-corrected chi connectivity index (χ3v) is 2.71. The van der Waals surface area contributed by atoms with Gasteiger partial charge >= 0.3 is 0 Å². The fourth-order valence-corrected chi connectivity index (χ4v) is 1.89. The molecule has 0 bridgehead atoms. The van der Waals surface area contributed by atoms with Gasteiger partial charge in [0.2, 0.25) is 0 Å². The highest BCUT2D eigenvalue weighted by atomic mass is 16.5. The number of aromatic nitrogens is 2. The summed E-state index contributed by atoms with van der Waals surface area (Å²) in [5.74, 6) is 1.92. The molecule has 1 aliphatic heterocycles. The molecular weight excluding hydrogens is 218 g/mol. The van der Waals surface area contributed by atoms with Crippen LogP contribution in [0, 0.1) is 6.92 Å². The van der Waals surface area contributed by atoms with Gasteiger partial charge in [-0.25, -0.2) is 9.97 Å². The lowest BCUT2D eigenvalue weighted by atomic mass is 10.3. The van der Waals surface area contributed by atoms with Crippen LogP contribution >= 0.6 is 0 Å². The first-order valence-electron chi connectivity index (χ1n) is 5.78. The van der Waals surface area contributed by atoms with Crippen molar-refractivity contribution in [3.8, 4) is 0 Å². The van der Waals surface area contributed by atoms with E-state index in [-0.39, 0.29) is 6.10 Å². The van der Waals surface area contributed by atoms with E-state index in [1.165, 1.54) is 0 Å². The average molecular weight is 237 g/mol. The first-order chi connectivity index (χ1) is 8.13. The van der Waals surface area contributed by atoms with Gasteiger partial charge in [-0.2, -0.15) is 0 Å². The highest BCUT2D eigenvalue weighted by Crippen LogP contribution is 2.09. The fraction of sp³-hybridized carbons (Fsp3) is 0.636. The predicted molar refractivity (Wildman–Crippen MR) is 66.9 cm³/mol. The highest BCUT2D eigenvalue weighted by Gasteiger charge is 2.17. The van der Waals surface area contributed by atoms with Crippen molar-refractivity contribution in [1.29, 1.82) is 0 Å². The lowest BCUT2D eigenvalue weighted by Gasteiger charge is -2.30. The minimum Gasteiger partial charge on any atom is -0.384 e. The van der Waals surface area contributed by atoms with Crippen LogP contribution in [-0.4, -0.2) is 54.3 Å². The van der Waals surface area contributed by atoms with E-state index in [1.807, 2.05) is 6.92 Å². The van der Waals surface area contributed by atoms with Gasteiger partial charge < -0.3 is 20.7 Å². The van der Waals surface area contributed by atoms with Crippen LogP contribution < -0.4 is 11.1 Å². The molecule has 94 valence electrons. The summed E-state index contributed by atoms with van der Waals surface area (Å²) in [5, 5.41) is 3.23. The van der Waals surface area contributed by atoms with Gasteiger partial charge in [-0.15, -0.1) is 0 Å². The first kappa shape index (κ1) is 12.1. The van der Waals surface area contributed by atoms with Gasteiger partial charge in [-0.3, -0.25) is 0 Å². The summed E-state index contributed by atoms with van der Waals surface area (Å²) in [6, 6.07) is 1.74. The zero-order chi connectivity index (χ0) is 12.3. The summed E-state index contributed by atoms with van der Waals surface area (Å²) in [5.41, 5.74) is 5.66. The van der Waals surface area contributed by atoms with E-state index in [0.717, 1.165) is 32.1 Å². The maximum Gasteiger partial charge on any atom is 0.131 e. The number of anilines is 2. The Kier molecular flexibility index (Phi) is 3.75. The summed E-state index contributed by atoms with van der Waals surface area (Å²) >= 11 is 0. The van der Waals surface area contributed by atoms with Crippen LogP contribution in [0.5, 0.6) is 0 Å². The second-order valence-electron chi connectivity index (χ2n) is 4.36. The zero-order valence-electron chi connectivity index (χ0n) is 10.3. The standard InChI is InChI=1S/C11H19N5O/c1-8-14-10(12)5-11(15-8)13-6-9-7-16(2)3-4-17-9/h5,9H,3-4,6-7H2,1-2H3,(H3,12,13,14,15). The molecule has 0 radical (unpaired) electrons. The number of nitrogens with two attached hydrogens (primary N) is 1. The zero-order valence-corrected chi connectivity index (χ0v) is 10.3. The van der Waals surface area contributed by atoms with Crippen LogP contribution in [0.1, 0.15) is 5.82 Å². The van der Waals surface area contributed by atoms with Crippen molar-refractivity contribution in [3.05, 3.63) is 11.9 Å². The van der Waals surface area contributed by atoms with E-state index in [9.17, 15) is 0 Å². The maximum absolute atomic E-state index is 5.66. The van der Waals surface area contributed by atoms with E-state index in [4.69, 9.17) is 10.5 Å². The van der Waals surface area contributed by atoms with Crippen LogP contribution in [0.2, 0.25) is 0 Å². The molecule has 2 rings (SSSR count). The second kappa shape index (κ2) is 5.29. The van der Waals surface area contributed by atoms with Crippen LogP contribution in [0.3, 0.4) is 0 Å². The molecule has 1 atom stereocenters. The summed E-state index contributed by atoms with van der Waals surface area (Å²) in [6.07, 6.45) is 0.199. The Morgan fingerprint density at radius 1 is 1.59 bits per heavy atom. The first-order valence-corrected chi connectivity index (χ1v) is 5.78. The number of nitrogens with one attached hydrogen (secondary N) is 1. The number of hydrogen-bond acceptors (Lipinski definition) is 6. The molecule has 17 heavy (non-hydrogen) atoms. The van der Waals surface area contributed by atoms with Crippen LogP contribution in [0.25, 0.3) is 0 Å². The van der Waals surface area contributed by atoms with Crippen LogP contribution in [0.15, 0.2) is 6.07 Å². The lowest BCUT2D eigenvalue weighted by Crippen LogP contribution is -2.43. The van der Waals surface area contributed by atoms with E-state index in [1.54, 1.807) is 6.07 Å². The molecule has 0 saturated carbocycles. The number of nitrogens with zero attached hydrogens (tertiary/aromatic N) is 3. The summed E-state index contributed by atoms with van der Waals surface area (Å²) in [4.78, 5) is 10.6. The fourth-order valence-electron chi connectivity index (χ4n) is 1.89. The molecule has 6 nitrogen and oxygen atoms in total. The smallest absolute Gasteiger partial charge is 0.131 e. The van der Waals surface area contributed by atoms with Gasteiger partial charge in [0, 0.05) is 25.7 Å². The molecule has 0 spiro atoms. The van der Waals surface area contributed by atoms with Crippen molar-refractivity contribution < 1.29 is 4.74 Å². The van der Waals surface area contributed by atoms with Gasteiger partial charge in [-0.05, 0) is 14.0 Å². The SMILES string of the molecule is Cc1nc(N)cc(NCC2CN(C)CCO2)n1. The lowest BCUT2D eigenvalue weighted by molar-refractivity contribution is -0.0117. The highest BCUT2D eigenvalue weighted by molar-refractivity contribution is 5.44. The molecule has 1 saturated heterocycles. The van der Waals surface area contributed by atoms with Crippen molar-refractivity contribution in [2.45, 2.75) is 13.0 Å². The number of aryl methyl sites for hydroxylation is 1. The van der Waals surface area contributed by atoms with Crippen molar-refractivity contribution in [1.82, 2.24) is 14.9 Å². The molecule has 1 aliphatic rings. The van der Waals surface area contributed by atoms with Gasteiger partial charge in [-0.1, -0.05) is 0 Å². The number of nitrogen functional groups attached to an aromatic ring is 1. The van der Waals surface area contributed by atoms with Crippen molar-refractivity contribution in [3.63, 3.8) is 0 Å². The van der Waals surface area contributed by atoms with Crippen molar-refractivity contribution in [2.24, 2.45) is 0 Å². The molecular formula is C11H19N5O. The van der Waals surface area contributed by atoms with E-state index in [2.05, 4.69) is 27.2 Å². The van der Waals surface area contributed by atoms with Gasteiger partial charge in [0.05, 0.1) is 12.7 Å². The molecule has 1 aromatic rings. The topological polar surface area (TPSA) is 76.3 Å². The summed E-state index contributed by atoms with van der Waals surface area (Å²) in [6.45, 7) is 5.28. The molecule has 0 amide bonds. The monoisotopic (exact) mass is 237 g/mol. The van der Waals surface area contributed by atoms with E-state index in [0.29, 0.717) is 11.6 Å². The third-order valence-electron chi connectivity index (χ3n) is 2.71. The normalized spacial score (nSPS) is 21.4. The number of hydrogen-bond donors (Lipinski definition) is 2. The van der Waals surface area contributed by atoms with E-state index >= 15 is 0 Å². The molecule has 6 heteroatoms. The van der Waals surface area contributed by atoms with E-state index < -0.39 is 0 Å². The summed E-state index contributed by atoms with van der Waals surface area (Å²) in [7, 11) is 2.10. The van der Waals surface area contributed by atoms with Crippen LogP contribution in [-0.2, 0) is 4.74 Å². The Bertz CT molecular complexity index is 364. The predicted octanol–water partition coefficient (Wildman–Crippen LogP) is 0.110. The molecule has 0 aromatic carbocycles. The number of rotatable bonds is 3. The molecule has 1 fully saturated rings. The molecule has 3 N–H and O–H groups in total. The van der Waals surface area contributed by atoms with Gasteiger partial charge in [0.15, 0.2) is 0 Å². The quantitative estimate of drug-likeness (QED) is 0.777. The Morgan fingerprint density at radius 2 is 2.41 bits per heavy atom. The minimum absolute atomic E-state index is 0.199. The Hall–Kier alpha value is -1.40. The number of likely N-dealkylation sites (N-methyl/N-ethyl adjacent to an activating group) is 1. The Labute approximate surface area is 101 Å². The molecule has 0 aliphatic carbocycles. The molecule has 1 unspecified atom stereocenters. The number of morpholine rings is 1. The molecule has 2 heterocycles.